The average Bonchev–Trinajstić information content (AvgIpc) is 3.54. The molecule has 0 saturated heterocycles. The summed E-state index contributed by atoms with van der Waals surface area (Å²) >= 11 is 9.37. The van der Waals surface area contributed by atoms with Gasteiger partial charge < -0.3 is 9.84 Å². The highest BCUT2D eigenvalue weighted by Gasteiger charge is 2.09. The quantitative estimate of drug-likeness (QED) is 0.220. The van der Waals surface area contributed by atoms with Crippen LogP contribution in [0.15, 0.2) is 68.2 Å². The Bertz CT molecular complexity index is 1360. The number of halogens is 2. The first kappa shape index (κ1) is 28.6. The van der Waals surface area contributed by atoms with Gasteiger partial charge in [0.2, 0.25) is 0 Å². The number of carbonyl (C=O) groups is 3. The summed E-state index contributed by atoms with van der Waals surface area (Å²) in [6.07, 6.45) is 0. The Labute approximate surface area is 237 Å². The normalized spacial score (nSPS) is 10.2. The van der Waals surface area contributed by atoms with E-state index in [2.05, 4.69) is 57.2 Å². The smallest absolute Gasteiger partial charge is 0.303 e. The number of benzene rings is 2. The molecular weight excluding hydrogens is 648 g/mol. The second kappa shape index (κ2) is 14.1. The lowest BCUT2D eigenvalue weighted by atomic mass is 10.2. The number of anilines is 2. The number of carbonyl (C=O) groups excluding carboxylic acids is 3. The molecule has 0 aliphatic carbocycles. The van der Waals surface area contributed by atoms with Crippen LogP contribution in [0.2, 0.25) is 0 Å². The third-order valence-electron chi connectivity index (χ3n) is 4.33. The predicted molar refractivity (Wildman–Crippen MR) is 151 cm³/mol. The van der Waals surface area contributed by atoms with Crippen molar-refractivity contribution in [2.45, 2.75) is 6.92 Å². The molecule has 2 heterocycles. The molecule has 0 bridgehead atoms. The van der Waals surface area contributed by atoms with Crippen LogP contribution >= 0.6 is 54.5 Å². The van der Waals surface area contributed by atoms with Crippen LogP contribution in [0.25, 0.3) is 22.5 Å². The number of nitrogens with zero attached hydrogens (tertiary/aromatic N) is 2. The Morgan fingerprint density at radius 3 is 1.65 bits per heavy atom. The van der Waals surface area contributed by atoms with Crippen LogP contribution in [0.4, 0.5) is 10.3 Å². The van der Waals surface area contributed by atoms with Gasteiger partial charge in [0.15, 0.2) is 16.9 Å². The predicted octanol–water partition coefficient (Wildman–Crippen LogP) is 5.58. The lowest BCUT2D eigenvalue weighted by Gasteiger charge is -2.01. The summed E-state index contributed by atoms with van der Waals surface area (Å²) in [5.74, 6) is -1.35. The molecule has 13 heteroatoms. The van der Waals surface area contributed by atoms with Crippen molar-refractivity contribution in [1.82, 2.24) is 9.97 Å². The van der Waals surface area contributed by atoms with Crippen LogP contribution in [0.3, 0.4) is 0 Å². The van der Waals surface area contributed by atoms with Gasteiger partial charge in [0.1, 0.15) is 6.61 Å². The lowest BCUT2D eigenvalue weighted by Crippen LogP contribution is -2.19. The van der Waals surface area contributed by atoms with E-state index in [1.54, 1.807) is 0 Å². The van der Waals surface area contributed by atoms with Crippen LogP contribution in [-0.2, 0) is 19.1 Å². The van der Waals surface area contributed by atoms with E-state index in [1.165, 1.54) is 29.6 Å². The van der Waals surface area contributed by atoms with Crippen LogP contribution in [-0.4, -0.2) is 46.1 Å². The molecule has 0 atom stereocenters. The summed E-state index contributed by atoms with van der Waals surface area (Å²) in [7, 11) is 0. The van der Waals surface area contributed by atoms with Crippen LogP contribution in [0.1, 0.15) is 6.92 Å². The molecule has 37 heavy (non-hydrogen) atoms. The van der Waals surface area contributed by atoms with Crippen molar-refractivity contribution in [2.24, 2.45) is 0 Å². The molecule has 0 aliphatic rings. The van der Waals surface area contributed by atoms with E-state index in [0.717, 1.165) is 31.5 Å². The standard InChI is InChI=1S/C13H11BrN2O3S.C11H9BrN2O2S/c1-8(17)19-6-12(18)16-13-15-11(7-20-13)9-2-4-10(14)5-3-9;12-8-3-1-7(2-4-8)9-6-17-11(13-9)14-10(16)5-15/h2-5,7H,6H2,1H3,(H,15,16,18);1-4,6,15H,5H2,(H,13,14,16). The molecule has 2 amide bonds. The zero-order chi connectivity index (χ0) is 26.8. The number of aliphatic hydroxyl groups is 1. The number of amides is 2. The minimum Gasteiger partial charge on any atom is -0.456 e. The van der Waals surface area contributed by atoms with Gasteiger partial charge in [-0.15, -0.1) is 22.7 Å². The van der Waals surface area contributed by atoms with Gasteiger partial charge in [-0.25, -0.2) is 9.97 Å². The number of rotatable bonds is 7. The van der Waals surface area contributed by atoms with E-state index in [9.17, 15) is 14.4 Å². The van der Waals surface area contributed by atoms with Gasteiger partial charge in [-0.3, -0.25) is 25.0 Å². The highest BCUT2D eigenvalue weighted by Crippen LogP contribution is 2.27. The molecule has 0 radical (unpaired) electrons. The first-order chi connectivity index (χ1) is 17.7. The lowest BCUT2D eigenvalue weighted by molar-refractivity contribution is -0.144. The Balaban J connectivity index is 0.000000208. The van der Waals surface area contributed by atoms with Gasteiger partial charge in [-0.05, 0) is 24.3 Å². The molecule has 0 unspecified atom stereocenters. The summed E-state index contributed by atoms with van der Waals surface area (Å²) in [6.45, 7) is 0.415. The fourth-order valence-electron chi connectivity index (χ4n) is 2.65. The molecule has 192 valence electrons. The summed E-state index contributed by atoms with van der Waals surface area (Å²) < 4.78 is 6.60. The van der Waals surface area contributed by atoms with E-state index in [-0.39, 0.29) is 6.61 Å². The second-order valence-electron chi connectivity index (χ2n) is 7.12. The highest BCUT2D eigenvalue weighted by molar-refractivity contribution is 9.10. The minimum absolute atomic E-state index is 0.303. The van der Waals surface area contributed by atoms with Crippen molar-refractivity contribution in [2.75, 3.05) is 23.8 Å². The molecule has 0 saturated carbocycles. The van der Waals surface area contributed by atoms with Crippen molar-refractivity contribution >= 4 is 82.6 Å². The maximum atomic E-state index is 11.5. The third kappa shape index (κ3) is 9.44. The van der Waals surface area contributed by atoms with Gasteiger partial charge in [0.05, 0.1) is 11.4 Å². The molecule has 4 aromatic rings. The molecule has 4 rings (SSSR count). The molecule has 0 fully saturated rings. The Morgan fingerprint density at radius 1 is 0.811 bits per heavy atom. The zero-order valence-corrected chi connectivity index (χ0v) is 24.0. The van der Waals surface area contributed by atoms with Crippen LogP contribution in [0, 0.1) is 0 Å². The van der Waals surface area contributed by atoms with Crippen molar-refractivity contribution in [3.8, 4) is 22.5 Å². The molecular formula is C24H20Br2N4O5S2. The van der Waals surface area contributed by atoms with Gasteiger partial charge in [-0.1, -0.05) is 56.1 Å². The summed E-state index contributed by atoms with van der Waals surface area (Å²) in [5.41, 5.74) is 3.53. The fraction of sp³-hybridized carbons (Fsp3) is 0.125. The minimum atomic E-state index is -0.535. The maximum absolute atomic E-state index is 11.5. The van der Waals surface area contributed by atoms with E-state index in [1.807, 2.05) is 59.3 Å². The Hall–Kier alpha value is -2.97. The molecule has 9 nitrogen and oxygen atoms in total. The largest absolute Gasteiger partial charge is 0.456 e. The number of nitrogens with one attached hydrogen (secondary N) is 2. The molecule has 2 aromatic carbocycles. The molecule has 0 spiro atoms. The maximum Gasteiger partial charge on any atom is 0.303 e. The Kier molecular flexibility index (Phi) is 10.9. The number of ether oxygens (including phenoxy) is 1. The second-order valence-corrected chi connectivity index (χ2v) is 10.7. The van der Waals surface area contributed by atoms with Crippen LogP contribution in [0.5, 0.6) is 0 Å². The van der Waals surface area contributed by atoms with E-state index < -0.39 is 24.4 Å². The number of aliphatic hydroxyl groups excluding tert-OH is 1. The SMILES string of the molecule is CC(=O)OCC(=O)Nc1nc(-c2ccc(Br)cc2)cs1.O=C(CO)Nc1nc(-c2ccc(Br)cc2)cs1. The van der Waals surface area contributed by atoms with E-state index in [4.69, 9.17) is 5.11 Å². The van der Waals surface area contributed by atoms with Gasteiger partial charge in [0.25, 0.3) is 11.8 Å². The number of aromatic nitrogens is 2. The van der Waals surface area contributed by atoms with Gasteiger partial charge in [-0.2, -0.15) is 0 Å². The number of esters is 1. The van der Waals surface area contributed by atoms with Gasteiger partial charge in [0, 0.05) is 37.8 Å². The number of thiazole rings is 2. The number of hydrogen-bond donors (Lipinski definition) is 3. The summed E-state index contributed by atoms with van der Waals surface area (Å²) in [6, 6.07) is 15.5. The van der Waals surface area contributed by atoms with E-state index in [0.29, 0.717) is 10.3 Å². The van der Waals surface area contributed by atoms with Gasteiger partial charge >= 0.3 is 5.97 Å². The first-order valence-electron chi connectivity index (χ1n) is 10.5. The fourth-order valence-corrected chi connectivity index (χ4v) is 4.65. The van der Waals surface area contributed by atoms with Crippen molar-refractivity contribution in [3.63, 3.8) is 0 Å². The summed E-state index contributed by atoms with van der Waals surface area (Å²) in [5, 5.41) is 18.4. The zero-order valence-electron chi connectivity index (χ0n) is 19.2. The monoisotopic (exact) mass is 666 g/mol. The van der Waals surface area contributed by atoms with Crippen LogP contribution < -0.4 is 10.6 Å². The molecule has 2 aromatic heterocycles. The van der Waals surface area contributed by atoms with Crippen molar-refractivity contribution in [3.05, 3.63) is 68.2 Å². The van der Waals surface area contributed by atoms with Crippen molar-refractivity contribution in [1.29, 1.82) is 0 Å². The van der Waals surface area contributed by atoms with Crippen molar-refractivity contribution < 1.29 is 24.2 Å². The molecule has 0 aliphatic heterocycles. The topological polar surface area (TPSA) is 131 Å². The average molecular weight is 668 g/mol. The first-order valence-corrected chi connectivity index (χ1v) is 13.8. The summed E-state index contributed by atoms with van der Waals surface area (Å²) in [4.78, 5) is 41.6. The Morgan fingerprint density at radius 2 is 1.24 bits per heavy atom. The molecule has 3 N–H and O–H groups in total. The number of hydrogen-bond acceptors (Lipinski definition) is 9. The highest BCUT2D eigenvalue weighted by atomic mass is 79.9. The third-order valence-corrected chi connectivity index (χ3v) is 6.90. The van der Waals surface area contributed by atoms with E-state index >= 15 is 0 Å².